The van der Waals surface area contributed by atoms with Gasteiger partial charge in [-0.25, -0.2) is 4.39 Å². The highest BCUT2D eigenvalue weighted by Gasteiger charge is 2.31. The second-order valence-corrected chi connectivity index (χ2v) is 6.40. The third kappa shape index (κ3) is 4.00. The van der Waals surface area contributed by atoms with Crippen LogP contribution in [-0.4, -0.2) is 80.1 Å². The summed E-state index contributed by atoms with van der Waals surface area (Å²) in [5.74, 6) is 0.658. The Balaban J connectivity index is 1.53. The van der Waals surface area contributed by atoms with Crippen molar-refractivity contribution in [1.82, 2.24) is 20.0 Å². The molecule has 1 aromatic rings. The lowest BCUT2D eigenvalue weighted by Crippen LogP contribution is -2.63. The second-order valence-electron chi connectivity index (χ2n) is 6.40. The maximum Gasteiger partial charge on any atom is 0.193 e. The van der Waals surface area contributed by atoms with Crippen molar-refractivity contribution in [1.29, 1.82) is 0 Å². The zero-order chi connectivity index (χ0) is 16.2. The average molecular weight is 319 g/mol. The molecule has 3 aliphatic heterocycles. The molecular formula is C17H26FN5. The SMILES string of the molecule is CN=C(NCC1CN2CCN1CC2)N(C)Cc1cccc(F)c1. The van der Waals surface area contributed by atoms with Crippen LogP contribution < -0.4 is 5.32 Å². The Hall–Kier alpha value is -1.66. The molecule has 0 aliphatic carbocycles. The smallest absolute Gasteiger partial charge is 0.193 e. The van der Waals surface area contributed by atoms with Gasteiger partial charge < -0.3 is 10.2 Å². The van der Waals surface area contributed by atoms with E-state index in [0.717, 1.165) is 24.6 Å². The Kier molecular flexibility index (Phi) is 5.13. The van der Waals surface area contributed by atoms with E-state index in [0.29, 0.717) is 12.6 Å². The van der Waals surface area contributed by atoms with Crippen molar-refractivity contribution < 1.29 is 4.39 Å². The first-order valence-electron chi connectivity index (χ1n) is 8.28. The lowest BCUT2D eigenvalue weighted by atomic mass is 10.1. The van der Waals surface area contributed by atoms with Gasteiger partial charge in [-0.05, 0) is 17.7 Å². The standard InChI is InChI=1S/C17H26FN5/c1-19-17(21(2)12-14-4-3-5-15(18)10-14)20-11-16-13-22-6-8-23(16)9-7-22/h3-5,10,16H,6-9,11-13H2,1-2H3,(H,19,20). The summed E-state index contributed by atoms with van der Waals surface area (Å²) in [5.41, 5.74) is 0.946. The van der Waals surface area contributed by atoms with Gasteiger partial charge in [0.15, 0.2) is 5.96 Å². The van der Waals surface area contributed by atoms with Gasteiger partial charge in [0.05, 0.1) is 0 Å². The molecule has 0 radical (unpaired) electrons. The van der Waals surface area contributed by atoms with Crippen LogP contribution in [0, 0.1) is 5.82 Å². The minimum Gasteiger partial charge on any atom is -0.355 e. The highest BCUT2D eigenvalue weighted by Crippen LogP contribution is 2.15. The van der Waals surface area contributed by atoms with Gasteiger partial charge in [0.1, 0.15) is 5.82 Å². The van der Waals surface area contributed by atoms with Crippen LogP contribution in [0.2, 0.25) is 0 Å². The van der Waals surface area contributed by atoms with E-state index >= 15 is 0 Å². The third-order valence-electron chi connectivity index (χ3n) is 4.77. The maximum absolute atomic E-state index is 13.3. The monoisotopic (exact) mass is 319 g/mol. The Morgan fingerprint density at radius 3 is 2.74 bits per heavy atom. The van der Waals surface area contributed by atoms with E-state index in [1.54, 1.807) is 19.2 Å². The second kappa shape index (κ2) is 7.27. The van der Waals surface area contributed by atoms with Gasteiger partial charge in [0.2, 0.25) is 0 Å². The van der Waals surface area contributed by atoms with Crippen molar-refractivity contribution >= 4 is 5.96 Å². The maximum atomic E-state index is 13.3. The van der Waals surface area contributed by atoms with Crippen LogP contribution in [0.1, 0.15) is 5.56 Å². The lowest BCUT2D eigenvalue weighted by Gasteiger charge is -2.47. The van der Waals surface area contributed by atoms with E-state index in [1.807, 2.05) is 18.0 Å². The van der Waals surface area contributed by atoms with Gasteiger partial charge >= 0.3 is 0 Å². The number of benzene rings is 1. The normalized spacial score (nSPS) is 27.1. The molecule has 126 valence electrons. The molecule has 1 N–H and O–H groups in total. The summed E-state index contributed by atoms with van der Waals surface area (Å²) < 4.78 is 13.3. The molecule has 2 bridgehead atoms. The fourth-order valence-electron chi connectivity index (χ4n) is 3.50. The quantitative estimate of drug-likeness (QED) is 0.659. The Bertz CT molecular complexity index is 554. The van der Waals surface area contributed by atoms with Crippen LogP contribution in [-0.2, 0) is 6.54 Å². The van der Waals surface area contributed by atoms with Crippen LogP contribution in [0.3, 0.4) is 0 Å². The van der Waals surface area contributed by atoms with Crippen molar-refractivity contribution in [3.63, 3.8) is 0 Å². The number of hydrogen-bond acceptors (Lipinski definition) is 3. The summed E-state index contributed by atoms with van der Waals surface area (Å²) in [6.07, 6.45) is 0. The van der Waals surface area contributed by atoms with Crippen LogP contribution in [0.4, 0.5) is 4.39 Å². The molecule has 1 aromatic carbocycles. The van der Waals surface area contributed by atoms with Gasteiger partial charge in [0, 0.05) is 66.0 Å². The predicted octanol–water partition coefficient (Wildman–Crippen LogP) is 0.833. The van der Waals surface area contributed by atoms with Crippen LogP contribution in [0.25, 0.3) is 0 Å². The zero-order valence-electron chi connectivity index (χ0n) is 14.0. The number of fused-ring (bicyclic) bond motifs is 3. The predicted molar refractivity (Wildman–Crippen MR) is 91.0 cm³/mol. The van der Waals surface area contributed by atoms with Crippen molar-refractivity contribution in [3.05, 3.63) is 35.6 Å². The summed E-state index contributed by atoms with van der Waals surface area (Å²) in [6.45, 7) is 7.41. The van der Waals surface area contributed by atoms with Gasteiger partial charge in [-0.2, -0.15) is 0 Å². The fourth-order valence-corrected chi connectivity index (χ4v) is 3.50. The number of halogens is 1. The van der Waals surface area contributed by atoms with E-state index in [2.05, 4.69) is 20.1 Å². The molecule has 3 aliphatic rings. The molecule has 5 nitrogen and oxygen atoms in total. The molecular weight excluding hydrogens is 293 g/mol. The number of nitrogens with zero attached hydrogens (tertiary/aromatic N) is 4. The molecule has 4 rings (SSSR count). The summed E-state index contributed by atoms with van der Waals surface area (Å²) >= 11 is 0. The van der Waals surface area contributed by atoms with Crippen molar-refractivity contribution in [2.45, 2.75) is 12.6 Å². The number of aliphatic imine (C=N–C) groups is 1. The van der Waals surface area contributed by atoms with E-state index in [-0.39, 0.29) is 5.82 Å². The summed E-state index contributed by atoms with van der Waals surface area (Å²) in [4.78, 5) is 11.5. The van der Waals surface area contributed by atoms with Gasteiger partial charge in [-0.3, -0.25) is 14.8 Å². The number of nitrogens with one attached hydrogen (secondary N) is 1. The van der Waals surface area contributed by atoms with Crippen LogP contribution in [0.15, 0.2) is 29.3 Å². The molecule has 0 spiro atoms. The van der Waals surface area contributed by atoms with Crippen LogP contribution in [0.5, 0.6) is 0 Å². The number of hydrogen-bond donors (Lipinski definition) is 1. The molecule has 23 heavy (non-hydrogen) atoms. The Morgan fingerprint density at radius 1 is 1.35 bits per heavy atom. The van der Waals surface area contributed by atoms with Crippen molar-refractivity contribution in [2.24, 2.45) is 4.99 Å². The van der Waals surface area contributed by atoms with E-state index in [9.17, 15) is 4.39 Å². The highest BCUT2D eigenvalue weighted by molar-refractivity contribution is 5.79. The van der Waals surface area contributed by atoms with Crippen molar-refractivity contribution in [2.75, 3.05) is 53.4 Å². The molecule has 0 saturated carbocycles. The van der Waals surface area contributed by atoms with Gasteiger partial charge in [-0.1, -0.05) is 12.1 Å². The molecule has 1 atom stereocenters. The minimum absolute atomic E-state index is 0.195. The summed E-state index contributed by atoms with van der Waals surface area (Å²) in [7, 11) is 3.78. The number of guanidine groups is 1. The topological polar surface area (TPSA) is 34.1 Å². The molecule has 3 heterocycles. The Labute approximate surface area is 137 Å². The summed E-state index contributed by atoms with van der Waals surface area (Å²) in [5, 5.41) is 3.47. The molecule has 6 heteroatoms. The lowest BCUT2D eigenvalue weighted by molar-refractivity contribution is 0.0152. The molecule has 3 fully saturated rings. The zero-order valence-corrected chi connectivity index (χ0v) is 14.0. The first-order chi connectivity index (χ1) is 11.2. The molecule has 1 unspecified atom stereocenters. The molecule has 0 aromatic heterocycles. The number of piperazine rings is 3. The van der Waals surface area contributed by atoms with E-state index in [1.165, 1.54) is 32.2 Å². The van der Waals surface area contributed by atoms with E-state index in [4.69, 9.17) is 0 Å². The highest BCUT2D eigenvalue weighted by atomic mass is 19.1. The largest absolute Gasteiger partial charge is 0.355 e. The third-order valence-corrected chi connectivity index (χ3v) is 4.77. The molecule has 3 saturated heterocycles. The first kappa shape index (κ1) is 16.2. The summed E-state index contributed by atoms with van der Waals surface area (Å²) in [6, 6.07) is 7.28. The number of rotatable bonds is 4. The first-order valence-corrected chi connectivity index (χ1v) is 8.28. The van der Waals surface area contributed by atoms with E-state index < -0.39 is 0 Å². The molecule has 0 amide bonds. The fraction of sp³-hybridized carbons (Fsp3) is 0.588. The van der Waals surface area contributed by atoms with Crippen LogP contribution >= 0.6 is 0 Å². The van der Waals surface area contributed by atoms with Gasteiger partial charge in [0.25, 0.3) is 0 Å². The Morgan fingerprint density at radius 2 is 2.13 bits per heavy atom. The minimum atomic E-state index is -0.195. The average Bonchev–Trinajstić information content (AvgIpc) is 2.56. The van der Waals surface area contributed by atoms with Gasteiger partial charge in [-0.15, -0.1) is 0 Å². The van der Waals surface area contributed by atoms with Crippen molar-refractivity contribution in [3.8, 4) is 0 Å².